The van der Waals surface area contributed by atoms with E-state index >= 15 is 0 Å². The zero-order valence-electron chi connectivity index (χ0n) is 16.7. The predicted molar refractivity (Wildman–Crippen MR) is 118 cm³/mol. The summed E-state index contributed by atoms with van der Waals surface area (Å²) in [5, 5.41) is 3.71. The molecule has 0 radical (unpaired) electrons. The third-order valence-corrected chi connectivity index (χ3v) is 5.41. The summed E-state index contributed by atoms with van der Waals surface area (Å²) in [4.78, 5) is 20.3. The number of unbranched alkanes of at least 4 members (excludes halogenated alkanes) is 1. The number of H-pyrrole nitrogens is 1. The number of aromatic nitrogens is 2. The van der Waals surface area contributed by atoms with Gasteiger partial charge in [0.25, 0.3) is 0 Å². The van der Waals surface area contributed by atoms with E-state index in [1.807, 2.05) is 0 Å². The van der Waals surface area contributed by atoms with E-state index in [1.165, 1.54) is 22.9 Å². The third kappa shape index (κ3) is 5.26. The summed E-state index contributed by atoms with van der Waals surface area (Å²) in [7, 11) is 0. The lowest BCUT2D eigenvalue weighted by Crippen LogP contribution is -2.26. The average molecular weight is 394 g/mol. The van der Waals surface area contributed by atoms with Crippen LogP contribution in [0.1, 0.15) is 30.9 Å². The van der Waals surface area contributed by atoms with Gasteiger partial charge in [-0.15, -0.1) is 0 Å². The number of imidazole rings is 1. The van der Waals surface area contributed by atoms with E-state index in [1.54, 1.807) is 0 Å². The number of thioether (sulfide) groups is 1. The Balaban J connectivity index is 1.84. The standard InChI is InChI=1S/C23H27N3OS/c1-4-5-14-24-20(27)15-28-23-25-21(18-10-6-16(2)7-11-18)22(26-23)19-12-8-17(3)9-13-19/h6-13H,4-5,14-15H2,1-3H3,(H,24,27)(H,25,26). The summed E-state index contributed by atoms with van der Waals surface area (Å²) in [6, 6.07) is 16.8. The van der Waals surface area contributed by atoms with Crippen molar-refractivity contribution in [2.24, 2.45) is 0 Å². The fourth-order valence-electron chi connectivity index (χ4n) is 2.86. The largest absolute Gasteiger partial charge is 0.355 e. The highest BCUT2D eigenvalue weighted by molar-refractivity contribution is 7.99. The first-order valence-corrected chi connectivity index (χ1v) is 10.7. The number of benzene rings is 2. The van der Waals surface area contributed by atoms with Crippen molar-refractivity contribution in [1.29, 1.82) is 0 Å². The van der Waals surface area contributed by atoms with E-state index in [0.29, 0.717) is 5.75 Å². The number of aromatic amines is 1. The monoisotopic (exact) mass is 393 g/mol. The molecular formula is C23H27N3OS. The van der Waals surface area contributed by atoms with Gasteiger partial charge < -0.3 is 10.3 Å². The molecule has 0 fully saturated rings. The molecule has 0 bridgehead atoms. The lowest BCUT2D eigenvalue weighted by atomic mass is 10.0. The lowest BCUT2D eigenvalue weighted by molar-refractivity contribution is -0.118. The Morgan fingerprint density at radius 3 is 2.21 bits per heavy atom. The van der Waals surface area contributed by atoms with Gasteiger partial charge in [-0.2, -0.15) is 0 Å². The van der Waals surface area contributed by atoms with Crippen LogP contribution < -0.4 is 5.32 Å². The normalized spacial score (nSPS) is 10.8. The smallest absolute Gasteiger partial charge is 0.230 e. The van der Waals surface area contributed by atoms with Gasteiger partial charge in [-0.3, -0.25) is 4.79 Å². The Morgan fingerprint density at radius 1 is 1.00 bits per heavy atom. The van der Waals surface area contributed by atoms with Gasteiger partial charge >= 0.3 is 0 Å². The SMILES string of the molecule is CCCCNC(=O)CSc1nc(-c2ccc(C)cc2)c(-c2ccc(C)cc2)[nH]1. The summed E-state index contributed by atoms with van der Waals surface area (Å²) in [5.74, 6) is 0.404. The summed E-state index contributed by atoms with van der Waals surface area (Å²) >= 11 is 1.44. The zero-order valence-corrected chi connectivity index (χ0v) is 17.5. The molecule has 146 valence electrons. The molecule has 3 rings (SSSR count). The van der Waals surface area contributed by atoms with Crippen molar-refractivity contribution >= 4 is 17.7 Å². The first-order chi connectivity index (χ1) is 13.6. The molecule has 0 atom stereocenters. The molecule has 2 N–H and O–H groups in total. The van der Waals surface area contributed by atoms with Crippen LogP contribution in [0.3, 0.4) is 0 Å². The molecule has 1 heterocycles. The summed E-state index contributed by atoms with van der Waals surface area (Å²) in [6.07, 6.45) is 2.08. The third-order valence-electron chi connectivity index (χ3n) is 4.54. The predicted octanol–water partition coefficient (Wildman–Crippen LogP) is 5.37. The number of carbonyl (C=O) groups excluding carboxylic acids is 1. The fourth-order valence-corrected chi connectivity index (χ4v) is 3.56. The highest BCUT2D eigenvalue weighted by Crippen LogP contribution is 2.33. The number of aryl methyl sites for hydroxylation is 2. The first kappa shape index (κ1) is 20.2. The molecule has 5 heteroatoms. The lowest BCUT2D eigenvalue weighted by Gasteiger charge is -2.04. The van der Waals surface area contributed by atoms with Gasteiger partial charge in [0.1, 0.15) is 0 Å². The minimum absolute atomic E-state index is 0.0450. The number of amides is 1. The maximum Gasteiger partial charge on any atom is 0.230 e. The maximum atomic E-state index is 12.0. The van der Waals surface area contributed by atoms with Crippen molar-refractivity contribution in [2.45, 2.75) is 38.8 Å². The molecule has 0 spiro atoms. The van der Waals surface area contributed by atoms with Crippen LogP contribution in [0.4, 0.5) is 0 Å². The Morgan fingerprint density at radius 2 is 1.61 bits per heavy atom. The Labute approximate surface area is 171 Å². The minimum Gasteiger partial charge on any atom is -0.355 e. The van der Waals surface area contributed by atoms with Crippen molar-refractivity contribution in [3.63, 3.8) is 0 Å². The number of nitrogens with zero attached hydrogens (tertiary/aromatic N) is 1. The van der Waals surface area contributed by atoms with E-state index in [-0.39, 0.29) is 5.91 Å². The van der Waals surface area contributed by atoms with E-state index < -0.39 is 0 Å². The van der Waals surface area contributed by atoms with Crippen LogP contribution in [0.5, 0.6) is 0 Å². The van der Waals surface area contributed by atoms with Crippen molar-refractivity contribution in [3.05, 3.63) is 59.7 Å². The van der Waals surface area contributed by atoms with E-state index in [4.69, 9.17) is 4.98 Å². The van der Waals surface area contributed by atoms with Crippen LogP contribution in [-0.2, 0) is 4.79 Å². The van der Waals surface area contributed by atoms with Crippen molar-refractivity contribution in [2.75, 3.05) is 12.3 Å². The van der Waals surface area contributed by atoms with Crippen molar-refractivity contribution < 1.29 is 4.79 Å². The molecular weight excluding hydrogens is 366 g/mol. The van der Waals surface area contributed by atoms with E-state index in [0.717, 1.165) is 47.1 Å². The molecule has 0 unspecified atom stereocenters. The minimum atomic E-state index is 0.0450. The molecule has 0 aliphatic carbocycles. The molecule has 4 nitrogen and oxygen atoms in total. The van der Waals surface area contributed by atoms with Crippen LogP contribution >= 0.6 is 11.8 Å². The van der Waals surface area contributed by atoms with Crippen molar-refractivity contribution in [1.82, 2.24) is 15.3 Å². The topological polar surface area (TPSA) is 57.8 Å². The number of rotatable bonds is 8. The van der Waals surface area contributed by atoms with Gasteiger partial charge in [-0.25, -0.2) is 4.98 Å². The highest BCUT2D eigenvalue weighted by Gasteiger charge is 2.15. The molecule has 2 aromatic carbocycles. The van der Waals surface area contributed by atoms with Gasteiger partial charge in [0.15, 0.2) is 5.16 Å². The highest BCUT2D eigenvalue weighted by atomic mass is 32.2. The Kier molecular flexibility index (Phi) is 6.93. The van der Waals surface area contributed by atoms with Gasteiger partial charge in [0.2, 0.25) is 5.91 Å². The van der Waals surface area contributed by atoms with Crippen LogP contribution in [0.2, 0.25) is 0 Å². The van der Waals surface area contributed by atoms with Gasteiger partial charge in [0, 0.05) is 17.7 Å². The quantitative estimate of drug-likeness (QED) is 0.400. The fraction of sp³-hybridized carbons (Fsp3) is 0.304. The Bertz CT molecular complexity index is 851. The molecule has 0 saturated carbocycles. The van der Waals surface area contributed by atoms with Crippen molar-refractivity contribution in [3.8, 4) is 22.5 Å². The number of nitrogens with one attached hydrogen (secondary N) is 2. The first-order valence-electron chi connectivity index (χ1n) is 9.70. The van der Waals surface area contributed by atoms with Crippen LogP contribution in [0, 0.1) is 13.8 Å². The van der Waals surface area contributed by atoms with Gasteiger partial charge in [-0.05, 0) is 20.3 Å². The van der Waals surface area contributed by atoms with E-state index in [9.17, 15) is 4.79 Å². The average Bonchev–Trinajstić information content (AvgIpc) is 3.12. The second-order valence-electron chi connectivity index (χ2n) is 6.99. The Hall–Kier alpha value is -2.53. The van der Waals surface area contributed by atoms with Crippen LogP contribution in [0.15, 0.2) is 53.7 Å². The molecule has 1 aromatic heterocycles. The number of hydrogen-bond donors (Lipinski definition) is 2. The second kappa shape index (κ2) is 9.60. The summed E-state index contributed by atoms with van der Waals surface area (Å²) in [6.45, 7) is 7.00. The maximum absolute atomic E-state index is 12.0. The van der Waals surface area contributed by atoms with E-state index in [2.05, 4.69) is 79.6 Å². The second-order valence-corrected chi connectivity index (χ2v) is 7.95. The molecule has 0 aliphatic rings. The molecule has 0 saturated heterocycles. The molecule has 0 aliphatic heterocycles. The van der Waals surface area contributed by atoms with Crippen LogP contribution in [0.25, 0.3) is 22.5 Å². The molecule has 28 heavy (non-hydrogen) atoms. The molecule has 3 aromatic rings. The van der Waals surface area contributed by atoms with Gasteiger partial charge in [-0.1, -0.05) is 84.8 Å². The molecule has 1 amide bonds. The zero-order chi connectivity index (χ0) is 19.9. The summed E-state index contributed by atoms with van der Waals surface area (Å²) < 4.78 is 0. The van der Waals surface area contributed by atoms with Crippen LogP contribution in [-0.4, -0.2) is 28.2 Å². The summed E-state index contributed by atoms with van der Waals surface area (Å²) in [5.41, 5.74) is 6.49. The number of carbonyl (C=O) groups is 1. The number of hydrogen-bond acceptors (Lipinski definition) is 3. The van der Waals surface area contributed by atoms with Gasteiger partial charge in [0.05, 0.1) is 17.1 Å².